The Morgan fingerprint density at radius 1 is 1.22 bits per heavy atom. The van der Waals surface area contributed by atoms with E-state index in [4.69, 9.17) is 5.11 Å². The van der Waals surface area contributed by atoms with Gasteiger partial charge in [0.05, 0.1) is 17.6 Å². The Balaban J connectivity index is 1.90. The van der Waals surface area contributed by atoms with Gasteiger partial charge in [-0.3, -0.25) is 9.78 Å². The molecule has 0 saturated carbocycles. The average Bonchev–Trinajstić information content (AvgIpc) is 2.96. The topological polar surface area (TPSA) is 67.2 Å². The molecule has 5 nitrogen and oxygen atoms in total. The van der Waals surface area contributed by atoms with Crippen molar-refractivity contribution in [1.29, 1.82) is 0 Å². The lowest BCUT2D eigenvalue weighted by Gasteiger charge is -2.07. The zero-order chi connectivity index (χ0) is 16.2. The monoisotopic (exact) mass is 313 g/mol. The highest BCUT2D eigenvalue weighted by Crippen LogP contribution is 2.23. The van der Waals surface area contributed by atoms with Crippen LogP contribution in [0.4, 0.5) is 4.39 Å². The molecule has 2 heterocycles. The third kappa shape index (κ3) is 3.37. The maximum Gasteiger partial charge on any atom is 0.240 e. The molecule has 0 spiro atoms. The fourth-order valence-electron chi connectivity index (χ4n) is 2.41. The molecule has 23 heavy (non-hydrogen) atoms. The first kappa shape index (κ1) is 15.2. The second kappa shape index (κ2) is 6.58. The number of nitrogens with one attached hydrogen (secondary N) is 1. The summed E-state index contributed by atoms with van der Waals surface area (Å²) < 4.78 is 14.8. The number of halogens is 1. The van der Waals surface area contributed by atoms with Crippen molar-refractivity contribution >= 4 is 16.9 Å². The van der Waals surface area contributed by atoms with E-state index in [-0.39, 0.29) is 31.4 Å². The summed E-state index contributed by atoms with van der Waals surface area (Å²) in [7, 11) is 0. The van der Waals surface area contributed by atoms with Gasteiger partial charge in [0.25, 0.3) is 0 Å². The predicted molar refractivity (Wildman–Crippen MR) is 85.2 cm³/mol. The molecular weight excluding hydrogens is 297 g/mol. The molecule has 0 unspecified atom stereocenters. The lowest BCUT2D eigenvalue weighted by Crippen LogP contribution is -2.29. The Kier molecular flexibility index (Phi) is 4.34. The van der Waals surface area contributed by atoms with Crippen molar-refractivity contribution in [1.82, 2.24) is 14.9 Å². The zero-order valence-electron chi connectivity index (χ0n) is 12.4. The van der Waals surface area contributed by atoms with Crippen LogP contribution in [-0.2, 0) is 11.3 Å². The number of amides is 1. The van der Waals surface area contributed by atoms with E-state index in [0.29, 0.717) is 0 Å². The normalized spacial score (nSPS) is 10.9. The molecule has 1 aromatic carbocycles. The Bertz CT molecular complexity index is 827. The van der Waals surface area contributed by atoms with Crippen LogP contribution >= 0.6 is 0 Å². The maximum atomic E-state index is 13.0. The first-order valence-electron chi connectivity index (χ1n) is 7.26. The zero-order valence-corrected chi connectivity index (χ0v) is 12.4. The molecule has 0 aliphatic heterocycles. The molecule has 3 rings (SSSR count). The van der Waals surface area contributed by atoms with Crippen LogP contribution in [0, 0.1) is 5.82 Å². The maximum absolute atomic E-state index is 13.0. The highest BCUT2D eigenvalue weighted by molar-refractivity contribution is 5.84. The van der Waals surface area contributed by atoms with E-state index in [0.717, 1.165) is 22.2 Å². The summed E-state index contributed by atoms with van der Waals surface area (Å²) >= 11 is 0. The Labute approximate surface area is 132 Å². The van der Waals surface area contributed by atoms with Crippen LogP contribution in [-0.4, -0.2) is 33.7 Å². The van der Waals surface area contributed by atoms with Gasteiger partial charge in [0.1, 0.15) is 12.4 Å². The largest absolute Gasteiger partial charge is 0.395 e. The minimum Gasteiger partial charge on any atom is -0.395 e. The van der Waals surface area contributed by atoms with Crippen LogP contribution in [0.15, 0.2) is 48.8 Å². The number of pyridine rings is 1. The van der Waals surface area contributed by atoms with Crippen molar-refractivity contribution in [3.8, 4) is 11.1 Å². The fourth-order valence-corrected chi connectivity index (χ4v) is 2.41. The van der Waals surface area contributed by atoms with E-state index in [2.05, 4.69) is 10.3 Å². The molecule has 0 bridgehead atoms. The molecule has 1 amide bonds. The SMILES string of the molecule is O=C(Cn1ccc2ncc(-c3ccc(F)cc3)cc21)NCCO. The van der Waals surface area contributed by atoms with Crippen molar-refractivity contribution in [2.45, 2.75) is 6.54 Å². The van der Waals surface area contributed by atoms with E-state index in [1.54, 1.807) is 29.1 Å². The van der Waals surface area contributed by atoms with E-state index in [1.807, 2.05) is 12.1 Å². The number of aromatic nitrogens is 2. The van der Waals surface area contributed by atoms with Crippen LogP contribution in [0.5, 0.6) is 0 Å². The highest BCUT2D eigenvalue weighted by atomic mass is 19.1. The number of hydrogen-bond donors (Lipinski definition) is 2. The molecule has 0 aliphatic rings. The molecule has 0 radical (unpaired) electrons. The summed E-state index contributed by atoms with van der Waals surface area (Å²) in [6.07, 6.45) is 3.52. The van der Waals surface area contributed by atoms with Crippen LogP contribution in [0.2, 0.25) is 0 Å². The van der Waals surface area contributed by atoms with Crippen LogP contribution in [0.3, 0.4) is 0 Å². The summed E-state index contributed by atoms with van der Waals surface area (Å²) in [4.78, 5) is 16.2. The summed E-state index contributed by atoms with van der Waals surface area (Å²) in [5.41, 5.74) is 3.32. The lowest BCUT2D eigenvalue weighted by molar-refractivity contribution is -0.121. The van der Waals surface area contributed by atoms with Crippen molar-refractivity contribution in [3.05, 3.63) is 54.6 Å². The third-order valence-electron chi connectivity index (χ3n) is 3.54. The van der Waals surface area contributed by atoms with Gasteiger partial charge in [-0.25, -0.2) is 4.39 Å². The number of aliphatic hydroxyl groups excluding tert-OH is 1. The fraction of sp³-hybridized carbons (Fsp3) is 0.176. The van der Waals surface area contributed by atoms with Gasteiger partial charge in [-0.05, 0) is 29.8 Å². The molecule has 0 aliphatic carbocycles. The molecule has 0 atom stereocenters. The molecule has 118 valence electrons. The average molecular weight is 313 g/mol. The van der Waals surface area contributed by atoms with Gasteiger partial charge in [0.15, 0.2) is 0 Å². The first-order valence-corrected chi connectivity index (χ1v) is 7.26. The summed E-state index contributed by atoms with van der Waals surface area (Å²) in [6.45, 7) is 0.295. The van der Waals surface area contributed by atoms with Crippen LogP contribution in [0.25, 0.3) is 22.2 Å². The van der Waals surface area contributed by atoms with Crippen molar-refractivity contribution in [2.75, 3.05) is 13.2 Å². The second-order valence-electron chi connectivity index (χ2n) is 5.15. The summed E-state index contributed by atoms with van der Waals surface area (Å²) in [6, 6.07) is 9.96. The number of rotatable bonds is 5. The van der Waals surface area contributed by atoms with E-state index >= 15 is 0 Å². The molecule has 6 heteroatoms. The van der Waals surface area contributed by atoms with Crippen LogP contribution in [0.1, 0.15) is 0 Å². The number of carbonyl (C=O) groups is 1. The molecular formula is C17H16FN3O2. The molecule has 0 fully saturated rings. The standard InChI is InChI=1S/C17H16FN3O2/c18-14-3-1-12(2-4-14)13-9-16-15(20-10-13)5-7-21(16)11-17(23)19-6-8-22/h1-5,7,9-10,22H,6,8,11H2,(H,19,23). The van der Waals surface area contributed by atoms with Crippen molar-refractivity contribution in [3.63, 3.8) is 0 Å². The number of hydrogen-bond acceptors (Lipinski definition) is 3. The first-order chi connectivity index (χ1) is 11.2. The van der Waals surface area contributed by atoms with Crippen molar-refractivity contribution < 1.29 is 14.3 Å². The van der Waals surface area contributed by atoms with Gasteiger partial charge in [-0.2, -0.15) is 0 Å². The minimum absolute atomic E-state index is 0.0889. The van der Waals surface area contributed by atoms with E-state index in [1.165, 1.54) is 12.1 Å². The van der Waals surface area contributed by atoms with Gasteiger partial charge in [-0.15, -0.1) is 0 Å². The van der Waals surface area contributed by atoms with Gasteiger partial charge in [-0.1, -0.05) is 12.1 Å². The Morgan fingerprint density at radius 2 is 2.00 bits per heavy atom. The van der Waals surface area contributed by atoms with Gasteiger partial charge >= 0.3 is 0 Å². The minimum atomic E-state index is -0.285. The summed E-state index contributed by atoms with van der Waals surface area (Å²) in [5, 5.41) is 11.4. The predicted octanol–water partition coefficient (Wildman–Crippen LogP) is 1.95. The smallest absolute Gasteiger partial charge is 0.240 e. The number of fused-ring (bicyclic) bond motifs is 1. The molecule has 2 N–H and O–H groups in total. The number of benzene rings is 1. The van der Waals surface area contributed by atoms with Crippen molar-refractivity contribution in [2.24, 2.45) is 0 Å². The third-order valence-corrected chi connectivity index (χ3v) is 3.54. The van der Waals surface area contributed by atoms with E-state index in [9.17, 15) is 9.18 Å². The van der Waals surface area contributed by atoms with Crippen LogP contribution < -0.4 is 5.32 Å². The number of carbonyl (C=O) groups excluding carboxylic acids is 1. The lowest BCUT2D eigenvalue weighted by atomic mass is 10.1. The van der Waals surface area contributed by atoms with Gasteiger partial charge < -0.3 is 15.0 Å². The summed E-state index contributed by atoms with van der Waals surface area (Å²) in [5.74, 6) is -0.463. The molecule has 3 aromatic rings. The van der Waals surface area contributed by atoms with Gasteiger partial charge in [0, 0.05) is 24.5 Å². The molecule has 2 aromatic heterocycles. The van der Waals surface area contributed by atoms with Gasteiger partial charge in [0.2, 0.25) is 5.91 Å². The Hall–Kier alpha value is -2.73. The number of aliphatic hydroxyl groups is 1. The Morgan fingerprint density at radius 3 is 2.74 bits per heavy atom. The quantitative estimate of drug-likeness (QED) is 0.756. The highest BCUT2D eigenvalue weighted by Gasteiger charge is 2.08. The molecule has 0 saturated heterocycles. The number of nitrogens with zero attached hydrogens (tertiary/aromatic N) is 2. The second-order valence-corrected chi connectivity index (χ2v) is 5.15. The van der Waals surface area contributed by atoms with E-state index < -0.39 is 0 Å².